The van der Waals surface area contributed by atoms with Gasteiger partial charge in [-0.25, -0.2) is 0 Å². The fraction of sp³-hybridized carbons (Fsp3) is 0.316. The third kappa shape index (κ3) is 4.87. The number of aryl methyl sites for hydroxylation is 1. The van der Waals surface area contributed by atoms with Gasteiger partial charge in [0.2, 0.25) is 5.89 Å². The van der Waals surface area contributed by atoms with Crippen molar-refractivity contribution in [3.8, 4) is 5.69 Å². The van der Waals surface area contributed by atoms with Crippen molar-refractivity contribution in [1.82, 2.24) is 14.8 Å². The summed E-state index contributed by atoms with van der Waals surface area (Å²) < 4.78 is 46.2. The molecule has 0 amide bonds. The van der Waals surface area contributed by atoms with E-state index in [0.717, 1.165) is 23.9 Å². The molecule has 154 valence electrons. The minimum atomic E-state index is -4.43. The summed E-state index contributed by atoms with van der Waals surface area (Å²) in [6.07, 6.45) is -2.51. The summed E-state index contributed by atoms with van der Waals surface area (Å²) in [6.45, 7) is 3.47. The molecule has 0 unspecified atom stereocenters. The largest absolute Gasteiger partial charge is 0.416 e. The van der Waals surface area contributed by atoms with Crippen LogP contribution in [0.15, 0.2) is 40.0 Å². The van der Waals surface area contributed by atoms with Crippen molar-refractivity contribution in [2.24, 2.45) is 0 Å². The monoisotopic (exact) mass is 441 g/mol. The zero-order valence-electron chi connectivity index (χ0n) is 15.9. The number of hydrogen-bond donors (Lipinski definition) is 0. The molecule has 0 radical (unpaired) electrons. The first kappa shape index (κ1) is 21.5. The number of nitrogens with zero attached hydrogens (tertiary/aromatic N) is 3. The van der Waals surface area contributed by atoms with Crippen LogP contribution in [-0.2, 0) is 11.9 Å². The third-order valence-corrected chi connectivity index (χ3v) is 5.56. The lowest BCUT2D eigenvalue weighted by Crippen LogP contribution is -2.08. The Morgan fingerprint density at radius 3 is 2.66 bits per heavy atom. The van der Waals surface area contributed by atoms with Crippen molar-refractivity contribution in [3.63, 3.8) is 0 Å². The van der Waals surface area contributed by atoms with E-state index in [2.05, 4.69) is 10.2 Å². The highest BCUT2D eigenvalue weighted by atomic mass is 32.2. The Bertz CT molecular complexity index is 1030. The first-order chi connectivity index (χ1) is 13.7. The van der Waals surface area contributed by atoms with E-state index in [9.17, 15) is 18.0 Å². The molecule has 0 aliphatic carbocycles. The molecule has 0 aliphatic rings. The summed E-state index contributed by atoms with van der Waals surface area (Å²) in [5.41, 5.74) is 1.34. The predicted octanol–water partition coefficient (Wildman–Crippen LogP) is 5.33. The summed E-state index contributed by atoms with van der Waals surface area (Å²) >= 11 is 2.69. The predicted molar refractivity (Wildman–Crippen MR) is 107 cm³/mol. The van der Waals surface area contributed by atoms with Crippen LogP contribution in [0.2, 0.25) is 0 Å². The standard InChI is InChI=1S/C19H18F3N3O2S2/c1-11-7-15(16(26)9-29-18-24-23-17(27-18)10-28-3)12(2)25(11)14-6-4-5-13(8-14)19(20,21)22/h4-8H,9-10H2,1-3H3. The van der Waals surface area contributed by atoms with Gasteiger partial charge in [0.1, 0.15) is 0 Å². The molecule has 3 rings (SSSR count). The van der Waals surface area contributed by atoms with Crippen LogP contribution in [0.1, 0.15) is 33.2 Å². The maximum atomic E-state index is 13.0. The number of thioether (sulfide) groups is 2. The summed E-state index contributed by atoms with van der Waals surface area (Å²) in [5.74, 6) is 1.02. The van der Waals surface area contributed by atoms with E-state index in [1.54, 1.807) is 42.3 Å². The van der Waals surface area contributed by atoms with Gasteiger partial charge in [0.05, 0.1) is 17.1 Å². The normalized spacial score (nSPS) is 11.8. The summed E-state index contributed by atoms with van der Waals surface area (Å²) in [5, 5.41) is 8.10. The van der Waals surface area contributed by atoms with Gasteiger partial charge in [-0.15, -0.1) is 10.2 Å². The zero-order valence-corrected chi connectivity index (χ0v) is 17.5. The van der Waals surface area contributed by atoms with Crippen molar-refractivity contribution in [2.75, 3.05) is 12.0 Å². The smallest absolute Gasteiger partial charge is 0.415 e. The number of aromatic nitrogens is 3. The Hall–Kier alpha value is -2.20. The molecule has 0 saturated carbocycles. The van der Waals surface area contributed by atoms with Crippen LogP contribution in [-0.4, -0.2) is 32.6 Å². The first-order valence-corrected chi connectivity index (χ1v) is 10.9. The van der Waals surface area contributed by atoms with E-state index in [4.69, 9.17) is 4.42 Å². The minimum Gasteiger partial charge on any atom is -0.415 e. The fourth-order valence-electron chi connectivity index (χ4n) is 2.95. The lowest BCUT2D eigenvalue weighted by Gasteiger charge is -2.13. The Kier molecular flexibility index (Phi) is 6.42. The van der Waals surface area contributed by atoms with Gasteiger partial charge in [-0.05, 0) is 44.4 Å². The quantitative estimate of drug-likeness (QED) is 0.365. The van der Waals surface area contributed by atoms with Crippen LogP contribution >= 0.6 is 23.5 Å². The molecule has 1 aromatic carbocycles. The average Bonchev–Trinajstić information content (AvgIpc) is 3.23. The Morgan fingerprint density at radius 1 is 1.21 bits per heavy atom. The van der Waals surface area contributed by atoms with E-state index in [1.165, 1.54) is 6.07 Å². The van der Waals surface area contributed by atoms with Crippen LogP contribution in [0.3, 0.4) is 0 Å². The molecule has 0 saturated heterocycles. The summed E-state index contributed by atoms with van der Waals surface area (Å²) in [4.78, 5) is 12.7. The first-order valence-electron chi connectivity index (χ1n) is 8.54. The van der Waals surface area contributed by atoms with Gasteiger partial charge < -0.3 is 8.98 Å². The van der Waals surface area contributed by atoms with Crippen LogP contribution < -0.4 is 0 Å². The number of halogens is 3. The van der Waals surface area contributed by atoms with Crippen molar-refractivity contribution >= 4 is 29.3 Å². The van der Waals surface area contributed by atoms with Gasteiger partial charge in [0, 0.05) is 22.6 Å². The Morgan fingerprint density at radius 2 is 1.97 bits per heavy atom. The molecule has 0 aliphatic heterocycles. The third-order valence-electron chi connectivity index (χ3n) is 4.21. The van der Waals surface area contributed by atoms with Gasteiger partial charge in [0.25, 0.3) is 5.22 Å². The fourth-order valence-corrected chi connectivity index (χ4v) is 3.97. The molecule has 3 aromatic rings. The van der Waals surface area contributed by atoms with Crippen molar-refractivity contribution < 1.29 is 22.4 Å². The highest BCUT2D eigenvalue weighted by Gasteiger charge is 2.31. The van der Waals surface area contributed by atoms with Crippen molar-refractivity contribution in [2.45, 2.75) is 31.0 Å². The second-order valence-corrected chi connectivity index (χ2v) is 8.07. The molecule has 0 spiro atoms. The second kappa shape index (κ2) is 8.66. The minimum absolute atomic E-state index is 0.0911. The topological polar surface area (TPSA) is 60.9 Å². The Labute approximate surface area is 174 Å². The lowest BCUT2D eigenvalue weighted by molar-refractivity contribution is -0.137. The average molecular weight is 442 g/mol. The molecule has 0 N–H and O–H groups in total. The van der Waals surface area contributed by atoms with Crippen LogP contribution in [0, 0.1) is 13.8 Å². The number of carbonyl (C=O) groups is 1. The summed E-state index contributed by atoms with van der Waals surface area (Å²) in [6, 6.07) is 6.73. The van der Waals surface area contributed by atoms with E-state index in [1.807, 2.05) is 6.26 Å². The molecule has 0 bridgehead atoms. The number of benzene rings is 1. The van der Waals surface area contributed by atoms with E-state index < -0.39 is 11.7 Å². The van der Waals surface area contributed by atoms with Gasteiger partial charge in [0.15, 0.2) is 5.78 Å². The van der Waals surface area contributed by atoms with E-state index in [0.29, 0.717) is 39.5 Å². The second-order valence-electron chi connectivity index (χ2n) is 6.27. The number of Topliss-reactive ketones (excluding diaryl/α,β-unsaturated/α-hetero) is 1. The van der Waals surface area contributed by atoms with Gasteiger partial charge in [-0.1, -0.05) is 17.8 Å². The molecule has 29 heavy (non-hydrogen) atoms. The van der Waals surface area contributed by atoms with Crippen molar-refractivity contribution in [1.29, 1.82) is 0 Å². The molecular formula is C19H18F3N3O2S2. The molecule has 10 heteroatoms. The molecular weight excluding hydrogens is 423 g/mol. The summed E-state index contributed by atoms with van der Waals surface area (Å²) in [7, 11) is 0. The molecule has 2 heterocycles. The zero-order chi connectivity index (χ0) is 21.2. The van der Waals surface area contributed by atoms with Gasteiger partial charge in [-0.3, -0.25) is 4.79 Å². The molecule has 5 nitrogen and oxygen atoms in total. The molecule has 2 aromatic heterocycles. The van der Waals surface area contributed by atoms with E-state index in [-0.39, 0.29) is 11.5 Å². The molecule has 0 atom stereocenters. The van der Waals surface area contributed by atoms with Crippen molar-refractivity contribution in [3.05, 3.63) is 58.7 Å². The highest BCUT2D eigenvalue weighted by molar-refractivity contribution is 7.99. The van der Waals surface area contributed by atoms with Gasteiger partial charge >= 0.3 is 6.18 Å². The van der Waals surface area contributed by atoms with Crippen LogP contribution in [0.5, 0.6) is 0 Å². The number of hydrogen-bond acceptors (Lipinski definition) is 6. The van der Waals surface area contributed by atoms with E-state index >= 15 is 0 Å². The number of alkyl halides is 3. The lowest BCUT2D eigenvalue weighted by atomic mass is 10.1. The SMILES string of the molecule is CSCc1nnc(SCC(=O)c2cc(C)n(-c3cccc(C(F)(F)F)c3)c2C)o1. The maximum absolute atomic E-state index is 13.0. The highest BCUT2D eigenvalue weighted by Crippen LogP contribution is 2.31. The number of rotatable bonds is 7. The number of ketones is 1. The van der Waals surface area contributed by atoms with Gasteiger partial charge in [-0.2, -0.15) is 24.9 Å². The van der Waals surface area contributed by atoms with Crippen LogP contribution in [0.25, 0.3) is 5.69 Å². The molecule has 0 fully saturated rings. The maximum Gasteiger partial charge on any atom is 0.416 e. The van der Waals surface area contributed by atoms with Crippen LogP contribution in [0.4, 0.5) is 13.2 Å². The number of carbonyl (C=O) groups excluding carboxylic acids is 1. The Balaban J connectivity index is 1.80.